The molecular weight excluding hydrogens is 1380 g/mol. The van der Waals surface area contributed by atoms with Crippen LogP contribution in [0.1, 0.15) is 274 Å². The van der Waals surface area contributed by atoms with Crippen LogP contribution in [0.2, 0.25) is 0 Å². The normalized spacial score (nSPS) is 42.9. The fourth-order valence-electron chi connectivity index (χ4n) is 28.4. The van der Waals surface area contributed by atoms with Gasteiger partial charge in [-0.2, -0.15) is 43.9 Å². The molecule has 0 aromatic carbocycles. The first-order valence-corrected chi connectivity index (χ1v) is 41.2. The van der Waals surface area contributed by atoms with Crippen LogP contribution in [-0.4, -0.2) is 92.7 Å². The number of carbonyl (C=O) groups is 5. The van der Waals surface area contributed by atoms with E-state index in [4.69, 9.17) is 23.7 Å². The molecule has 20 bridgehead atoms. The van der Waals surface area contributed by atoms with Gasteiger partial charge in [-0.3, -0.25) is 9.59 Å². The largest absolute Gasteiger partial charge is 0.464 e. The molecule has 105 heavy (non-hydrogen) atoms. The van der Waals surface area contributed by atoms with E-state index in [1.54, 1.807) is 0 Å². The summed E-state index contributed by atoms with van der Waals surface area (Å²) in [5, 5.41) is 0. The van der Waals surface area contributed by atoms with Crippen LogP contribution in [0.25, 0.3) is 0 Å². The van der Waals surface area contributed by atoms with Crippen LogP contribution < -0.4 is 0 Å². The van der Waals surface area contributed by atoms with E-state index in [0.29, 0.717) is 73.2 Å². The average molecular weight is 1500 g/mol. The van der Waals surface area contributed by atoms with Gasteiger partial charge >= 0.3 is 54.0 Å². The summed E-state index contributed by atoms with van der Waals surface area (Å²) in [6, 6.07) is 0. The summed E-state index contributed by atoms with van der Waals surface area (Å²) in [4.78, 5) is 58.1. The van der Waals surface area contributed by atoms with Gasteiger partial charge in [0.15, 0.2) is 10.8 Å². The second kappa shape index (κ2) is 28.7. The number of fused-ring (bicyclic) bond motifs is 9. The fourth-order valence-corrected chi connectivity index (χ4v) is 28.4. The number of hydrogen-bond acceptors (Lipinski definition) is 10. The van der Waals surface area contributed by atoms with Gasteiger partial charge in [0.2, 0.25) is 5.67 Å². The molecule has 0 aromatic heterocycles. The van der Waals surface area contributed by atoms with E-state index in [1.807, 2.05) is 0 Å². The second-order valence-electron chi connectivity index (χ2n) is 41.6. The lowest BCUT2D eigenvalue weighted by Gasteiger charge is -2.64. The van der Waals surface area contributed by atoms with E-state index >= 15 is 0 Å². The van der Waals surface area contributed by atoms with E-state index in [9.17, 15) is 72.3 Å². The molecule has 0 heterocycles. The number of hydrogen-bond donors (Lipinski definition) is 0. The molecule has 21 saturated carbocycles. The Morgan fingerprint density at radius 3 is 1.02 bits per heavy atom. The molecule has 21 aliphatic carbocycles. The topological polar surface area (TPSA) is 132 Å². The van der Waals surface area contributed by atoms with E-state index in [2.05, 4.69) is 6.92 Å². The third-order valence-corrected chi connectivity index (χ3v) is 31.6. The van der Waals surface area contributed by atoms with Crippen LogP contribution in [-0.2, 0) is 47.7 Å². The molecule has 0 radical (unpaired) electrons. The lowest BCUT2D eigenvalue weighted by Crippen LogP contribution is -2.56. The maximum Gasteiger partial charge on any atom is 0.404 e. The smallest absolute Gasteiger partial charge is 0.404 e. The molecule has 0 aromatic rings. The van der Waals surface area contributed by atoms with E-state index < -0.39 is 70.5 Å². The predicted octanol–water partition coefficient (Wildman–Crippen LogP) is 21.3. The highest BCUT2D eigenvalue weighted by Crippen LogP contribution is 2.71. The standard InChI is InChI=1S/C21H32F2O2.2C16H23F3O2.C16H22F2O2.C15H23FO2/c1-14-3-5-17(6-4-14)21-10-15-7-16(11-21)9-20(8-15,12-21)13-25-18(24)19(2,22)23;2*1-14(2,16(17,18)19)13(20)21-9-15-6-10-3-11(7-15)5-12(4-10)8-15;1-16(17,18)15(19)20-7-11-5-10-6-12(11)14-9-3-2-8(4-9)13(10)14;1-14(2,16)13(17)18-9-15-6-10-3-11(7-15)5-12(4-10)8-15/h14-17H,3-13H2,1-2H3;2*10-12H,3-9H2,1-2H3;8-14H,2-7H2,1H3;10-12H,3-9H2,1-2H3. The Kier molecular flexibility index (Phi) is 21.7. The Balaban J connectivity index is 0.000000117. The molecule has 0 amide bonds. The van der Waals surface area contributed by atoms with Crippen molar-refractivity contribution in [1.29, 1.82) is 0 Å². The number of halogens is 11. The first-order chi connectivity index (χ1) is 48.7. The molecule has 21 aliphatic rings. The molecule has 21 fully saturated rings. The van der Waals surface area contributed by atoms with Gasteiger partial charge in [0, 0.05) is 35.5 Å². The second-order valence-corrected chi connectivity index (χ2v) is 41.6. The summed E-state index contributed by atoms with van der Waals surface area (Å²) >= 11 is 0. The van der Waals surface area contributed by atoms with Crippen molar-refractivity contribution in [2.75, 3.05) is 33.0 Å². The third-order valence-electron chi connectivity index (χ3n) is 31.6. The monoisotopic (exact) mass is 1500 g/mol. The van der Waals surface area contributed by atoms with Gasteiger partial charge in [-0.1, -0.05) is 19.8 Å². The highest BCUT2D eigenvalue weighted by molar-refractivity contribution is 5.79. The van der Waals surface area contributed by atoms with Crippen LogP contribution in [0, 0.1) is 156 Å². The number of esters is 5. The highest BCUT2D eigenvalue weighted by atomic mass is 19.4. The van der Waals surface area contributed by atoms with Crippen molar-refractivity contribution in [3.8, 4) is 0 Å². The van der Waals surface area contributed by atoms with E-state index in [0.717, 1.165) is 163 Å². The first-order valence-electron chi connectivity index (χ1n) is 41.2. The number of rotatable bonds is 16. The van der Waals surface area contributed by atoms with Crippen molar-refractivity contribution in [3.63, 3.8) is 0 Å². The quantitative estimate of drug-likeness (QED) is 0.0637. The van der Waals surface area contributed by atoms with Crippen molar-refractivity contribution in [2.45, 2.75) is 304 Å². The van der Waals surface area contributed by atoms with Gasteiger partial charge in [0.1, 0.15) is 0 Å². The Hall–Kier alpha value is -3.42. The van der Waals surface area contributed by atoms with Crippen molar-refractivity contribution in [3.05, 3.63) is 0 Å². The number of carbonyl (C=O) groups excluding carboxylic acids is 5. The minimum absolute atomic E-state index is 0.0198. The van der Waals surface area contributed by atoms with Gasteiger partial charge in [0.25, 0.3) is 0 Å². The average Bonchev–Trinajstić information content (AvgIpc) is 1.66. The highest BCUT2D eigenvalue weighted by Gasteiger charge is 2.65. The van der Waals surface area contributed by atoms with Crippen LogP contribution >= 0.6 is 0 Å². The summed E-state index contributed by atoms with van der Waals surface area (Å²) in [5.41, 5.74) is -6.19. The van der Waals surface area contributed by atoms with Crippen LogP contribution in [0.4, 0.5) is 48.3 Å². The van der Waals surface area contributed by atoms with Crippen LogP contribution in [0.15, 0.2) is 0 Å². The number of ether oxygens (including phenoxy) is 5. The van der Waals surface area contributed by atoms with Crippen molar-refractivity contribution >= 4 is 29.8 Å². The zero-order valence-electron chi connectivity index (χ0n) is 64.2. The lowest BCUT2D eigenvalue weighted by atomic mass is 9.41. The van der Waals surface area contributed by atoms with Gasteiger partial charge < -0.3 is 23.7 Å². The molecule has 9 unspecified atom stereocenters. The summed E-state index contributed by atoms with van der Waals surface area (Å²) in [7, 11) is 0. The molecule has 21 heteroatoms. The van der Waals surface area contributed by atoms with Gasteiger partial charge in [-0.25, -0.2) is 18.8 Å². The van der Waals surface area contributed by atoms with Gasteiger partial charge in [0.05, 0.1) is 33.0 Å². The lowest BCUT2D eigenvalue weighted by molar-refractivity contribution is -0.229. The Bertz CT molecular complexity index is 2940. The Labute approximate surface area is 616 Å². The van der Waals surface area contributed by atoms with E-state index in [-0.39, 0.29) is 48.1 Å². The maximum atomic E-state index is 13.5. The predicted molar refractivity (Wildman–Crippen MR) is 371 cm³/mol. The first kappa shape index (κ1) is 79.7. The minimum Gasteiger partial charge on any atom is -0.464 e. The molecule has 0 spiro atoms. The zero-order valence-corrected chi connectivity index (χ0v) is 64.2. The van der Waals surface area contributed by atoms with E-state index in [1.165, 1.54) is 162 Å². The van der Waals surface area contributed by atoms with Gasteiger partial charge in [-0.05, 0) is 364 Å². The van der Waals surface area contributed by atoms with Crippen molar-refractivity contribution in [2.24, 2.45) is 156 Å². The molecule has 0 saturated heterocycles. The molecule has 0 aliphatic heterocycles. The van der Waals surface area contributed by atoms with Crippen molar-refractivity contribution in [1.82, 2.24) is 0 Å². The summed E-state index contributed by atoms with van der Waals surface area (Å²) in [6.07, 6.45) is 31.5. The molecule has 0 N–H and O–H groups in total. The summed E-state index contributed by atoms with van der Waals surface area (Å²) in [6.45, 7) is 11.0. The Morgan fingerprint density at radius 2 is 0.657 bits per heavy atom. The molecule has 21 rings (SSSR count). The molecule has 10 nitrogen and oxygen atoms in total. The summed E-state index contributed by atoms with van der Waals surface area (Å²) < 4.78 is 168. The SMILES string of the molecule is CC(C)(C(=O)OCC12CC3CC(CC(C3)C1)C2)C(F)(F)F.CC(C)(C(=O)OCC12CC3CC(CC(C3)C1)C2)C(F)(F)F.CC(C)(F)C(=O)OCC12CC3CC(CC(C3)C1)C2.CC(F)(F)C(=O)OCC1CC2CC1C1C3CCC(C3)C21.CC1CCC(C23CC4CC(CC(COC(=O)C(C)(F)F)(C4)C2)C3)CC1. The maximum absolute atomic E-state index is 13.5. The third kappa shape index (κ3) is 16.7. The fraction of sp³-hybridized carbons (Fsp3) is 0.940. The summed E-state index contributed by atoms with van der Waals surface area (Å²) in [5.74, 6) is 2.75. The molecule has 596 valence electrons. The minimum atomic E-state index is -4.56. The van der Waals surface area contributed by atoms with Crippen LogP contribution in [0.5, 0.6) is 0 Å². The van der Waals surface area contributed by atoms with Crippen molar-refractivity contribution < 1.29 is 96.0 Å². The molecule has 9 atom stereocenters. The zero-order chi connectivity index (χ0) is 75.8. The Morgan fingerprint density at radius 1 is 0.333 bits per heavy atom. The molecular formula is C84H123F11O10. The van der Waals surface area contributed by atoms with Crippen LogP contribution in [0.3, 0.4) is 0 Å². The number of alkyl halides is 11. The van der Waals surface area contributed by atoms with Gasteiger partial charge in [-0.15, -0.1) is 0 Å².